The molecule has 3 amide bonds. The number of anilines is 1. The van der Waals surface area contributed by atoms with Crippen molar-refractivity contribution in [1.82, 2.24) is 4.31 Å². The van der Waals surface area contributed by atoms with Gasteiger partial charge in [0.2, 0.25) is 0 Å². The van der Waals surface area contributed by atoms with E-state index in [1.165, 1.54) is 5.56 Å². The van der Waals surface area contributed by atoms with Crippen molar-refractivity contribution in [2.75, 3.05) is 5.32 Å². The van der Waals surface area contributed by atoms with Gasteiger partial charge < -0.3 is 5.32 Å². The number of halogens is 1. The number of amides is 3. The van der Waals surface area contributed by atoms with Gasteiger partial charge in [-0.15, -0.1) is 0 Å². The van der Waals surface area contributed by atoms with Gasteiger partial charge in [0.15, 0.2) is 0 Å². The number of nitrogens with zero attached hydrogens (tertiary/aromatic N) is 1. The first-order valence-corrected chi connectivity index (χ1v) is 10.2. The van der Waals surface area contributed by atoms with Crippen molar-refractivity contribution in [3.05, 3.63) is 88.9 Å². The molecule has 3 aromatic carbocycles. The third kappa shape index (κ3) is 5.23. The monoisotopic (exact) mass is 438 g/mol. The Balaban J connectivity index is 1.70. The molecule has 0 heterocycles. The van der Waals surface area contributed by atoms with Gasteiger partial charge in [0, 0.05) is 16.3 Å². The number of hydrogen-bond acceptors (Lipinski definition) is 3. The van der Waals surface area contributed by atoms with Crippen LogP contribution in [0.25, 0.3) is 11.1 Å². The number of hydrogen-bond donors (Lipinski definition) is 2. The van der Waals surface area contributed by atoms with Crippen LogP contribution in [-0.2, 0) is 5.41 Å². The van der Waals surface area contributed by atoms with Crippen LogP contribution in [0, 0.1) is 0 Å². The minimum Gasteiger partial charge on any atom is -0.307 e. The zero-order valence-corrected chi connectivity index (χ0v) is 18.7. The van der Waals surface area contributed by atoms with Gasteiger partial charge in [0.1, 0.15) is 0 Å². The number of carbonyl (C=O) groups excluding carboxylic acids is 2. The fourth-order valence-corrected chi connectivity index (χ4v) is 3.28. The summed E-state index contributed by atoms with van der Waals surface area (Å²) in [4.78, 5) is 24.9. The number of rotatable bonds is 3. The van der Waals surface area contributed by atoms with Gasteiger partial charge in [-0.2, -0.15) is 0 Å². The second kappa shape index (κ2) is 8.94. The quantitative estimate of drug-likeness (QED) is 0.440. The molecule has 3 aromatic rings. The number of imide groups is 1. The maximum Gasteiger partial charge on any atom is 0.338 e. The van der Waals surface area contributed by atoms with Crippen LogP contribution in [-0.4, -0.2) is 16.2 Å². The lowest BCUT2D eigenvalue weighted by Crippen LogP contribution is -2.32. The van der Waals surface area contributed by atoms with E-state index in [9.17, 15) is 9.59 Å². The topological polar surface area (TPSA) is 49.4 Å². The van der Waals surface area contributed by atoms with E-state index in [4.69, 9.17) is 11.6 Å². The summed E-state index contributed by atoms with van der Waals surface area (Å²) in [5, 5.41) is 3.08. The molecule has 0 aromatic heterocycles. The van der Waals surface area contributed by atoms with Crippen LogP contribution in [0.2, 0.25) is 5.02 Å². The van der Waals surface area contributed by atoms with E-state index in [0.29, 0.717) is 16.3 Å². The molecule has 0 fully saturated rings. The molecule has 0 unspecified atom stereocenters. The fourth-order valence-electron chi connectivity index (χ4n) is 2.93. The molecule has 154 valence electrons. The second-order valence-electron chi connectivity index (χ2n) is 7.96. The molecule has 0 aliphatic heterocycles. The highest BCUT2D eigenvalue weighted by Crippen LogP contribution is 2.26. The van der Waals surface area contributed by atoms with Crippen molar-refractivity contribution < 1.29 is 9.59 Å². The largest absolute Gasteiger partial charge is 0.338 e. The van der Waals surface area contributed by atoms with Gasteiger partial charge >= 0.3 is 6.03 Å². The van der Waals surface area contributed by atoms with E-state index in [2.05, 4.69) is 63.2 Å². The molecule has 1 N–H and O–H groups in total. The Morgan fingerprint density at radius 1 is 0.900 bits per heavy atom. The molecule has 0 spiro atoms. The highest BCUT2D eigenvalue weighted by molar-refractivity contribution is 7.79. The van der Waals surface area contributed by atoms with E-state index < -0.39 is 11.9 Å². The van der Waals surface area contributed by atoms with Crippen LogP contribution in [0.3, 0.4) is 0 Å². The number of nitrogens with one attached hydrogen (secondary N) is 1. The molecule has 0 saturated heterocycles. The highest BCUT2D eigenvalue weighted by atomic mass is 35.5. The van der Waals surface area contributed by atoms with Crippen LogP contribution >= 0.6 is 24.4 Å². The van der Waals surface area contributed by atoms with Crippen LogP contribution < -0.4 is 5.32 Å². The smallest absolute Gasteiger partial charge is 0.307 e. The number of urea groups is 1. The second-order valence-corrected chi connectivity index (χ2v) is 8.80. The lowest BCUT2D eigenvalue weighted by atomic mass is 9.86. The SMILES string of the molecule is CC(C)(C)c1ccc(-c2ccc(C(=O)N(S)C(=O)Nc3cccc(Cl)c3)cc2)cc1. The Labute approximate surface area is 187 Å². The summed E-state index contributed by atoms with van der Waals surface area (Å²) in [7, 11) is 0. The summed E-state index contributed by atoms with van der Waals surface area (Å²) >= 11 is 9.97. The van der Waals surface area contributed by atoms with Gasteiger partial charge in [-0.1, -0.05) is 87.7 Å². The molecular formula is C24H23ClN2O2S. The molecule has 4 nitrogen and oxygen atoms in total. The molecule has 30 heavy (non-hydrogen) atoms. The van der Waals surface area contributed by atoms with E-state index in [1.54, 1.807) is 36.4 Å². The van der Waals surface area contributed by atoms with E-state index in [0.717, 1.165) is 15.4 Å². The van der Waals surface area contributed by atoms with Crippen LogP contribution in [0.5, 0.6) is 0 Å². The summed E-state index contributed by atoms with van der Waals surface area (Å²) < 4.78 is 0.744. The third-order valence-electron chi connectivity index (χ3n) is 4.68. The van der Waals surface area contributed by atoms with Crippen molar-refractivity contribution in [3.63, 3.8) is 0 Å². The molecule has 0 aliphatic carbocycles. The third-order valence-corrected chi connectivity index (χ3v) is 5.28. The predicted octanol–water partition coefficient (Wildman–Crippen LogP) is 6.82. The van der Waals surface area contributed by atoms with Gasteiger partial charge in [-0.05, 0) is 52.4 Å². The summed E-state index contributed by atoms with van der Waals surface area (Å²) in [6.07, 6.45) is 0. The van der Waals surface area contributed by atoms with Crippen LogP contribution in [0.15, 0.2) is 72.8 Å². The Morgan fingerprint density at radius 2 is 1.47 bits per heavy atom. The fraction of sp³-hybridized carbons (Fsp3) is 0.167. The standard InChI is InChI=1S/C24H23ClN2O2S/c1-24(2,3)19-13-11-17(12-14-19)16-7-9-18(10-8-16)22(28)27(30)23(29)26-21-6-4-5-20(25)15-21/h4-15,30H,1-3H3,(H,26,29). The first-order chi connectivity index (χ1) is 14.1. The molecule has 0 radical (unpaired) electrons. The van der Waals surface area contributed by atoms with Crippen molar-refractivity contribution >= 4 is 42.0 Å². The lowest BCUT2D eigenvalue weighted by molar-refractivity contribution is 0.0902. The first kappa shape index (κ1) is 21.9. The van der Waals surface area contributed by atoms with Crippen molar-refractivity contribution in [2.24, 2.45) is 0 Å². The minimum atomic E-state index is -0.660. The summed E-state index contributed by atoms with van der Waals surface area (Å²) in [6, 6.07) is 21.5. The zero-order valence-electron chi connectivity index (χ0n) is 17.0. The van der Waals surface area contributed by atoms with Crippen molar-refractivity contribution in [3.8, 4) is 11.1 Å². The maximum atomic E-state index is 12.6. The lowest BCUT2D eigenvalue weighted by Gasteiger charge is -2.19. The van der Waals surface area contributed by atoms with Crippen molar-refractivity contribution in [1.29, 1.82) is 0 Å². The summed E-state index contributed by atoms with van der Waals surface area (Å²) in [6.45, 7) is 6.52. The van der Waals surface area contributed by atoms with E-state index >= 15 is 0 Å². The Hall–Kier alpha value is -2.76. The van der Waals surface area contributed by atoms with Crippen molar-refractivity contribution in [2.45, 2.75) is 26.2 Å². The number of thiol groups is 1. The summed E-state index contributed by atoms with van der Waals surface area (Å²) in [5.74, 6) is -0.521. The minimum absolute atomic E-state index is 0.0937. The molecule has 0 saturated carbocycles. The Bertz CT molecular complexity index is 1060. The average molecular weight is 439 g/mol. The first-order valence-electron chi connectivity index (χ1n) is 9.46. The summed E-state index contributed by atoms with van der Waals surface area (Å²) in [5.41, 5.74) is 4.24. The number of carbonyl (C=O) groups is 2. The highest BCUT2D eigenvalue weighted by Gasteiger charge is 2.20. The normalized spacial score (nSPS) is 11.1. The van der Waals surface area contributed by atoms with E-state index in [-0.39, 0.29) is 5.41 Å². The Kier molecular flexibility index (Phi) is 6.54. The molecule has 0 aliphatic rings. The molecular weight excluding hydrogens is 416 g/mol. The van der Waals surface area contributed by atoms with Gasteiger partial charge in [0.05, 0.1) is 0 Å². The van der Waals surface area contributed by atoms with Crippen LogP contribution in [0.1, 0.15) is 36.7 Å². The van der Waals surface area contributed by atoms with Crippen LogP contribution in [0.4, 0.5) is 10.5 Å². The molecule has 3 rings (SSSR count). The van der Waals surface area contributed by atoms with E-state index in [1.807, 2.05) is 12.1 Å². The molecule has 0 bridgehead atoms. The van der Waals surface area contributed by atoms with Gasteiger partial charge in [0.25, 0.3) is 5.91 Å². The maximum absolute atomic E-state index is 12.6. The van der Waals surface area contributed by atoms with Gasteiger partial charge in [-0.3, -0.25) is 4.79 Å². The predicted molar refractivity (Wildman–Crippen MR) is 126 cm³/mol. The van der Waals surface area contributed by atoms with Gasteiger partial charge in [-0.25, -0.2) is 9.10 Å². The Morgan fingerprint density at radius 3 is 2.00 bits per heavy atom. The molecule has 6 heteroatoms. The zero-order chi connectivity index (χ0) is 21.9. The molecule has 0 atom stereocenters. The number of benzene rings is 3. The average Bonchev–Trinajstić information content (AvgIpc) is 2.72.